The van der Waals surface area contributed by atoms with Gasteiger partial charge in [-0.1, -0.05) is 54.6 Å². The van der Waals surface area contributed by atoms with Crippen LogP contribution in [0.1, 0.15) is 27.7 Å². The maximum absolute atomic E-state index is 12.4. The Labute approximate surface area is 178 Å². The molecule has 4 aromatic rings. The fourth-order valence-corrected chi connectivity index (χ4v) is 4.31. The van der Waals surface area contributed by atoms with Gasteiger partial charge >= 0.3 is 5.97 Å². The molecule has 0 unspecified atom stereocenters. The van der Waals surface area contributed by atoms with Crippen molar-refractivity contribution in [1.82, 2.24) is 0 Å². The first-order valence-corrected chi connectivity index (χ1v) is 10.4. The topological polar surface area (TPSA) is 59.3 Å². The van der Waals surface area contributed by atoms with E-state index in [1.807, 2.05) is 72.8 Å². The molecule has 0 aliphatic heterocycles. The highest BCUT2D eigenvalue weighted by atomic mass is 32.1. The van der Waals surface area contributed by atoms with Crippen LogP contribution in [-0.2, 0) is 11.3 Å². The van der Waals surface area contributed by atoms with Crippen LogP contribution in [0.5, 0.6) is 5.75 Å². The van der Waals surface area contributed by atoms with Crippen molar-refractivity contribution >= 4 is 27.4 Å². The highest BCUT2D eigenvalue weighted by molar-refractivity contribution is 7.21. The summed E-state index contributed by atoms with van der Waals surface area (Å²) in [5.74, 6) is 0.199. The lowest BCUT2D eigenvalue weighted by molar-refractivity contribution is 0.0527. The number of carbonyl (C=O) groups is 1. The van der Waals surface area contributed by atoms with Crippen molar-refractivity contribution < 1.29 is 14.3 Å². The molecule has 1 aromatic heterocycles. The van der Waals surface area contributed by atoms with E-state index in [2.05, 4.69) is 6.07 Å². The van der Waals surface area contributed by atoms with Crippen LogP contribution < -0.4 is 4.74 Å². The predicted octanol–water partition coefficient (Wildman–Crippen LogP) is 6.20. The molecule has 0 aliphatic rings. The Balaban J connectivity index is 1.58. The molecule has 0 atom stereocenters. The summed E-state index contributed by atoms with van der Waals surface area (Å²) in [5.41, 5.74) is 3.49. The molecule has 1 heterocycles. The lowest BCUT2D eigenvalue weighted by atomic mass is 9.99. The predicted molar refractivity (Wildman–Crippen MR) is 119 cm³/mol. The van der Waals surface area contributed by atoms with Gasteiger partial charge in [-0.05, 0) is 41.8 Å². The molecule has 0 saturated carbocycles. The lowest BCUT2D eigenvalue weighted by Crippen LogP contribution is -2.05. The minimum atomic E-state index is -0.364. The standard InChI is InChI=1S/C25H19NO3S/c1-2-28-25(27)24-23(21-9-5-6-10-22(21)30-24)29-16-17-11-13-18(14-12-17)20-8-4-3-7-19(20)15-26/h3-14H,2,16H2,1H3. The molecule has 4 nitrogen and oxygen atoms in total. The van der Waals surface area contributed by atoms with Gasteiger partial charge in [-0.25, -0.2) is 4.79 Å². The summed E-state index contributed by atoms with van der Waals surface area (Å²) in [7, 11) is 0. The Morgan fingerprint density at radius 3 is 2.50 bits per heavy atom. The quantitative estimate of drug-likeness (QED) is 0.353. The van der Waals surface area contributed by atoms with Gasteiger partial charge in [0.15, 0.2) is 10.6 Å². The van der Waals surface area contributed by atoms with E-state index in [9.17, 15) is 10.1 Å². The zero-order valence-corrected chi connectivity index (χ0v) is 17.2. The van der Waals surface area contributed by atoms with Gasteiger partial charge in [0.05, 0.1) is 18.2 Å². The maximum Gasteiger partial charge on any atom is 0.352 e. The number of hydrogen-bond donors (Lipinski definition) is 0. The van der Waals surface area contributed by atoms with Gasteiger partial charge in [0, 0.05) is 10.1 Å². The van der Waals surface area contributed by atoms with E-state index in [0.717, 1.165) is 26.8 Å². The summed E-state index contributed by atoms with van der Waals surface area (Å²) in [4.78, 5) is 12.9. The molecule has 30 heavy (non-hydrogen) atoms. The normalized spacial score (nSPS) is 10.5. The SMILES string of the molecule is CCOC(=O)c1sc2ccccc2c1OCc1ccc(-c2ccccc2C#N)cc1. The van der Waals surface area contributed by atoms with E-state index >= 15 is 0 Å². The van der Waals surface area contributed by atoms with Crippen molar-refractivity contribution in [3.63, 3.8) is 0 Å². The fraction of sp³-hybridized carbons (Fsp3) is 0.120. The average Bonchev–Trinajstić information content (AvgIpc) is 3.17. The van der Waals surface area contributed by atoms with Crippen LogP contribution in [0.4, 0.5) is 0 Å². The third-order valence-corrected chi connectivity index (χ3v) is 5.84. The van der Waals surface area contributed by atoms with Crippen molar-refractivity contribution in [3.8, 4) is 22.9 Å². The molecule has 0 spiro atoms. The molecule has 4 rings (SSSR count). The van der Waals surface area contributed by atoms with Gasteiger partial charge in [0.25, 0.3) is 0 Å². The summed E-state index contributed by atoms with van der Waals surface area (Å²) >= 11 is 1.38. The van der Waals surface area contributed by atoms with Crippen LogP contribution in [0, 0.1) is 11.3 Å². The van der Waals surface area contributed by atoms with E-state index in [4.69, 9.17) is 9.47 Å². The monoisotopic (exact) mass is 413 g/mol. The van der Waals surface area contributed by atoms with Crippen molar-refractivity contribution in [2.24, 2.45) is 0 Å². The van der Waals surface area contributed by atoms with E-state index in [1.165, 1.54) is 11.3 Å². The Morgan fingerprint density at radius 1 is 1.00 bits per heavy atom. The number of rotatable bonds is 6. The van der Waals surface area contributed by atoms with Gasteiger partial charge in [-0.3, -0.25) is 0 Å². The fourth-order valence-electron chi connectivity index (χ4n) is 3.26. The van der Waals surface area contributed by atoms with Gasteiger partial charge in [0.2, 0.25) is 0 Å². The number of ether oxygens (including phenoxy) is 2. The molecular weight excluding hydrogens is 394 g/mol. The number of hydrogen-bond acceptors (Lipinski definition) is 5. The van der Waals surface area contributed by atoms with Crippen LogP contribution in [-0.4, -0.2) is 12.6 Å². The maximum atomic E-state index is 12.4. The summed E-state index contributed by atoms with van der Waals surface area (Å²) in [6, 6.07) is 25.5. The van der Waals surface area contributed by atoms with Crippen molar-refractivity contribution in [3.05, 3.63) is 88.8 Å². The first kappa shape index (κ1) is 19.7. The highest BCUT2D eigenvalue weighted by Gasteiger charge is 2.21. The molecule has 0 N–H and O–H groups in total. The van der Waals surface area contributed by atoms with Gasteiger partial charge in [-0.15, -0.1) is 11.3 Å². The number of esters is 1. The van der Waals surface area contributed by atoms with E-state index in [-0.39, 0.29) is 5.97 Å². The van der Waals surface area contributed by atoms with Gasteiger partial charge < -0.3 is 9.47 Å². The third kappa shape index (κ3) is 3.91. The molecule has 148 valence electrons. The number of benzene rings is 3. The number of nitrogens with zero attached hydrogens (tertiary/aromatic N) is 1. The second kappa shape index (κ2) is 8.81. The second-order valence-corrected chi connectivity index (χ2v) is 7.67. The van der Waals surface area contributed by atoms with Crippen LogP contribution >= 0.6 is 11.3 Å². The minimum absolute atomic E-state index is 0.318. The lowest BCUT2D eigenvalue weighted by Gasteiger charge is -2.09. The minimum Gasteiger partial charge on any atom is -0.486 e. The van der Waals surface area contributed by atoms with E-state index in [0.29, 0.717) is 29.4 Å². The van der Waals surface area contributed by atoms with Crippen molar-refractivity contribution in [2.75, 3.05) is 6.61 Å². The van der Waals surface area contributed by atoms with Gasteiger partial charge in [-0.2, -0.15) is 5.26 Å². The third-order valence-electron chi connectivity index (χ3n) is 4.71. The summed E-state index contributed by atoms with van der Waals surface area (Å²) in [6.07, 6.45) is 0. The average molecular weight is 413 g/mol. The molecule has 0 bridgehead atoms. The zero-order valence-electron chi connectivity index (χ0n) is 16.4. The Morgan fingerprint density at radius 2 is 1.73 bits per heavy atom. The smallest absolute Gasteiger partial charge is 0.352 e. The summed E-state index contributed by atoms with van der Waals surface area (Å²) in [5, 5.41) is 10.2. The van der Waals surface area contributed by atoms with Crippen LogP contribution in [0.25, 0.3) is 21.2 Å². The molecule has 3 aromatic carbocycles. The molecule has 0 fully saturated rings. The number of nitriles is 1. The second-order valence-electron chi connectivity index (χ2n) is 6.62. The van der Waals surface area contributed by atoms with Crippen molar-refractivity contribution in [2.45, 2.75) is 13.5 Å². The van der Waals surface area contributed by atoms with Crippen molar-refractivity contribution in [1.29, 1.82) is 5.26 Å². The van der Waals surface area contributed by atoms with E-state index in [1.54, 1.807) is 6.92 Å². The molecule has 0 aliphatic carbocycles. The van der Waals surface area contributed by atoms with Gasteiger partial charge in [0.1, 0.15) is 6.61 Å². The molecule has 0 amide bonds. The first-order valence-electron chi connectivity index (χ1n) is 9.61. The number of carbonyl (C=O) groups excluding carboxylic acids is 1. The number of thiophene rings is 1. The largest absolute Gasteiger partial charge is 0.486 e. The summed E-state index contributed by atoms with van der Waals surface area (Å²) in [6.45, 7) is 2.43. The van der Waals surface area contributed by atoms with Crippen LogP contribution in [0.2, 0.25) is 0 Å². The summed E-state index contributed by atoms with van der Waals surface area (Å²) < 4.78 is 12.3. The highest BCUT2D eigenvalue weighted by Crippen LogP contribution is 2.38. The van der Waals surface area contributed by atoms with Crippen LogP contribution in [0.15, 0.2) is 72.8 Å². The van der Waals surface area contributed by atoms with Crippen LogP contribution in [0.3, 0.4) is 0 Å². The molecule has 5 heteroatoms. The Kier molecular flexibility index (Phi) is 5.78. The zero-order chi connectivity index (χ0) is 20.9. The molecule has 0 saturated heterocycles. The molecular formula is C25H19NO3S. The molecule has 0 radical (unpaired) electrons. The Hall–Kier alpha value is -3.62. The number of fused-ring (bicyclic) bond motifs is 1. The van der Waals surface area contributed by atoms with E-state index < -0.39 is 0 Å². The first-order chi connectivity index (χ1) is 14.7. The Bertz CT molecular complexity index is 1240.